The van der Waals surface area contributed by atoms with Crippen molar-refractivity contribution in [1.82, 2.24) is 5.32 Å². The van der Waals surface area contributed by atoms with E-state index >= 15 is 0 Å². The number of anilines is 2. The van der Waals surface area contributed by atoms with Crippen molar-refractivity contribution >= 4 is 28.9 Å². The molecule has 3 N–H and O–H groups in total. The molecule has 1 unspecified atom stereocenters. The molecule has 1 aliphatic carbocycles. The maximum absolute atomic E-state index is 11.9. The molecule has 6 heteroatoms. The summed E-state index contributed by atoms with van der Waals surface area (Å²) < 4.78 is 0. The van der Waals surface area contributed by atoms with Crippen LogP contribution in [0, 0.1) is 0 Å². The lowest BCUT2D eigenvalue weighted by Crippen LogP contribution is -2.42. The lowest BCUT2D eigenvalue weighted by molar-refractivity contribution is -0.117. The van der Waals surface area contributed by atoms with Gasteiger partial charge in [-0.25, -0.2) is 0 Å². The van der Waals surface area contributed by atoms with Gasteiger partial charge in [-0.15, -0.1) is 0 Å². The number of rotatable bonds is 5. The summed E-state index contributed by atoms with van der Waals surface area (Å²) in [6, 6.07) is 3.88. The second-order valence-electron chi connectivity index (χ2n) is 5.60. The number of aliphatic hydroxyl groups excluding tert-OH is 1. The van der Waals surface area contributed by atoms with Crippen LogP contribution in [0.3, 0.4) is 0 Å². The lowest BCUT2D eigenvalue weighted by Gasteiger charge is -2.39. The molecule has 1 heterocycles. The number of amides is 1. The third-order valence-electron chi connectivity index (χ3n) is 4.40. The largest absolute Gasteiger partial charge is 0.395 e. The Kier molecular flexibility index (Phi) is 4.06. The molecular weight excluding hydrogens is 290 g/mol. The number of benzene rings is 1. The zero-order valence-electron chi connectivity index (χ0n) is 12.0. The van der Waals surface area contributed by atoms with Gasteiger partial charge in [0.2, 0.25) is 5.91 Å². The van der Waals surface area contributed by atoms with Crippen LogP contribution in [0.25, 0.3) is 0 Å². The number of nitrogens with zero attached hydrogens (tertiary/aromatic N) is 1. The van der Waals surface area contributed by atoms with Gasteiger partial charge in [-0.3, -0.25) is 4.79 Å². The zero-order valence-corrected chi connectivity index (χ0v) is 12.8. The highest BCUT2D eigenvalue weighted by molar-refractivity contribution is 6.33. The van der Waals surface area contributed by atoms with E-state index in [-0.39, 0.29) is 18.6 Å². The number of carbonyl (C=O) groups is 1. The van der Waals surface area contributed by atoms with Crippen molar-refractivity contribution in [1.29, 1.82) is 0 Å². The molecule has 5 nitrogen and oxygen atoms in total. The van der Waals surface area contributed by atoms with Crippen molar-refractivity contribution < 1.29 is 9.90 Å². The first kappa shape index (κ1) is 14.6. The topological polar surface area (TPSA) is 64.6 Å². The molecule has 1 fully saturated rings. The quantitative estimate of drug-likeness (QED) is 0.777. The van der Waals surface area contributed by atoms with Crippen LogP contribution in [0.15, 0.2) is 12.1 Å². The molecule has 1 aliphatic heterocycles. The summed E-state index contributed by atoms with van der Waals surface area (Å²) in [5, 5.41) is 15.8. The molecule has 1 atom stereocenters. The predicted molar refractivity (Wildman–Crippen MR) is 84.0 cm³/mol. The fourth-order valence-electron chi connectivity index (χ4n) is 3.08. The third-order valence-corrected chi connectivity index (χ3v) is 4.71. The molecule has 0 spiro atoms. The highest BCUT2D eigenvalue weighted by Gasteiger charge is 2.32. The molecule has 3 rings (SSSR count). The van der Waals surface area contributed by atoms with E-state index in [0.29, 0.717) is 17.6 Å². The zero-order chi connectivity index (χ0) is 15.0. The van der Waals surface area contributed by atoms with Gasteiger partial charge >= 0.3 is 0 Å². The first-order chi connectivity index (χ1) is 10.2. The van der Waals surface area contributed by atoms with Gasteiger partial charge in [-0.1, -0.05) is 11.6 Å². The Morgan fingerprint density at radius 3 is 2.81 bits per heavy atom. The average molecular weight is 310 g/mol. The Labute approximate surface area is 129 Å². The smallest absolute Gasteiger partial charge is 0.246 e. The van der Waals surface area contributed by atoms with E-state index < -0.39 is 0 Å². The third kappa shape index (κ3) is 2.50. The summed E-state index contributed by atoms with van der Waals surface area (Å²) in [6.07, 6.45) is 3.46. The molecule has 1 aromatic carbocycles. The van der Waals surface area contributed by atoms with E-state index in [4.69, 9.17) is 11.6 Å². The number of carbonyl (C=O) groups excluding carboxylic acids is 1. The van der Waals surface area contributed by atoms with Crippen molar-refractivity contribution in [3.63, 3.8) is 0 Å². The number of hydrogen-bond donors (Lipinski definition) is 3. The van der Waals surface area contributed by atoms with Crippen LogP contribution in [-0.2, 0) is 4.79 Å². The molecule has 0 aromatic heterocycles. The molecule has 21 heavy (non-hydrogen) atoms. The molecular formula is C15H20ClN3O2. The van der Waals surface area contributed by atoms with E-state index in [9.17, 15) is 9.90 Å². The first-order valence-corrected chi connectivity index (χ1v) is 7.72. The molecule has 1 amide bonds. The molecule has 1 aromatic rings. The monoisotopic (exact) mass is 309 g/mol. The Hall–Kier alpha value is -1.30. The Morgan fingerprint density at radius 1 is 1.48 bits per heavy atom. The Bertz CT molecular complexity index is 560. The van der Waals surface area contributed by atoms with Gasteiger partial charge in [0.1, 0.15) is 6.04 Å². The molecule has 0 saturated heterocycles. The number of likely N-dealkylation sites (N-methyl/N-ethyl adjacent to an activating group) is 1. The Balaban J connectivity index is 1.96. The number of aliphatic hydroxyl groups is 1. The molecule has 0 radical (unpaired) electrons. The summed E-state index contributed by atoms with van der Waals surface area (Å²) in [5.74, 6) is -0.0573. The van der Waals surface area contributed by atoms with Crippen molar-refractivity contribution in [3.8, 4) is 0 Å². The average Bonchev–Trinajstić information content (AvgIpc) is 2.70. The predicted octanol–water partition coefficient (Wildman–Crippen LogP) is 1.90. The molecule has 2 aliphatic rings. The van der Waals surface area contributed by atoms with Crippen LogP contribution in [0.2, 0.25) is 5.02 Å². The number of fused-ring (bicyclic) bond motifs is 1. The normalized spacial score (nSPS) is 20.9. The van der Waals surface area contributed by atoms with Gasteiger partial charge < -0.3 is 20.6 Å². The second-order valence-corrected chi connectivity index (χ2v) is 6.01. The van der Waals surface area contributed by atoms with Crippen molar-refractivity contribution in [2.45, 2.75) is 31.3 Å². The SMILES string of the molecule is CNC1C(=O)Nc2cc(N(CCO)C3CCC3)c(Cl)cc21. The summed E-state index contributed by atoms with van der Waals surface area (Å²) in [6.45, 7) is 0.655. The van der Waals surface area contributed by atoms with Crippen LogP contribution < -0.4 is 15.5 Å². The summed E-state index contributed by atoms with van der Waals surface area (Å²) in [7, 11) is 1.76. The van der Waals surface area contributed by atoms with E-state index in [1.807, 2.05) is 12.1 Å². The molecule has 1 saturated carbocycles. The minimum atomic E-state index is -0.346. The summed E-state index contributed by atoms with van der Waals surface area (Å²) in [5.41, 5.74) is 2.58. The van der Waals surface area contributed by atoms with Crippen LogP contribution in [-0.4, -0.2) is 37.3 Å². The summed E-state index contributed by atoms with van der Waals surface area (Å²) in [4.78, 5) is 14.1. The number of hydrogen-bond acceptors (Lipinski definition) is 4. The van der Waals surface area contributed by atoms with E-state index in [1.165, 1.54) is 6.42 Å². The van der Waals surface area contributed by atoms with Gasteiger partial charge in [0, 0.05) is 23.8 Å². The van der Waals surface area contributed by atoms with E-state index in [0.717, 1.165) is 29.8 Å². The van der Waals surface area contributed by atoms with Gasteiger partial charge in [0.15, 0.2) is 0 Å². The van der Waals surface area contributed by atoms with Crippen LogP contribution in [0.5, 0.6) is 0 Å². The van der Waals surface area contributed by atoms with Crippen LogP contribution in [0.4, 0.5) is 11.4 Å². The van der Waals surface area contributed by atoms with Gasteiger partial charge in [0.05, 0.1) is 17.3 Å². The number of nitrogens with one attached hydrogen (secondary N) is 2. The second kappa shape index (κ2) is 5.83. The van der Waals surface area contributed by atoms with Crippen molar-refractivity contribution in [2.24, 2.45) is 0 Å². The maximum Gasteiger partial charge on any atom is 0.246 e. The first-order valence-electron chi connectivity index (χ1n) is 7.34. The minimum Gasteiger partial charge on any atom is -0.395 e. The van der Waals surface area contributed by atoms with E-state index in [1.54, 1.807) is 7.05 Å². The molecule has 0 bridgehead atoms. The van der Waals surface area contributed by atoms with Crippen molar-refractivity contribution in [2.75, 3.05) is 30.4 Å². The van der Waals surface area contributed by atoms with E-state index in [2.05, 4.69) is 15.5 Å². The highest BCUT2D eigenvalue weighted by Crippen LogP contribution is 2.41. The standard InChI is InChI=1S/C15H20ClN3O2/c1-17-14-10-7-11(16)13(8-12(10)18-15(14)21)19(5-6-20)9-3-2-4-9/h7-9,14,17,20H,2-6H2,1H3,(H,18,21). The van der Waals surface area contributed by atoms with Gasteiger partial charge in [-0.2, -0.15) is 0 Å². The summed E-state index contributed by atoms with van der Waals surface area (Å²) >= 11 is 6.44. The highest BCUT2D eigenvalue weighted by atomic mass is 35.5. The van der Waals surface area contributed by atoms with Gasteiger partial charge in [-0.05, 0) is 38.4 Å². The fraction of sp³-hybridized carbons (Fsp3) is 0.533. The minimum absolute atomic E-state index is 0.0573. The maximum atomic E-state index is 11.9. The number of halogens is 1. The lowest BCUT2D eigenvalue weighted by atomic mass is 9.91. The molecule has 114 valence electrons. The fourth-order valence-corrected chi connectivity index (χ4v) is 3.36. The van der Waals surface area contributed by atoms with Crippen molar-refractivity contribution in [3.05, 3.63) is 22.7 Å². The van der Waals surface area contributed by atoms with Gasteiger partial charge in [0.25, 0.3) is 0 Å². The Morgan fingerprint density at radius 2 is 2.24 bits per heavy atom. The van der Waals surface area contributed by atoms with Crippen LogP contribution in [0.1, 0.15) is 30.9 Å². The van der Waals surface area contributed by atoms with Crippen LogP contribution >= 0.6 is 11.6 Å².